The summed E-state index contributed by atoms with van der Waals surface area (Å²) in [6, 6.07) is 61.1. The molecule has 260 valence electrons. The molecule has 0 saturated carbocycles. The van der Waals surface area contributed by atoms with Crippen molar-refractivity contribution in [1.82, 2.24) is 15.0 Å². The molecule has 0 fully saturated rings. The van der Waals surface area contributed by atoms with Crippen LogP contribution in [0.5, 0.6) is 0 Å². The summed E-state index contributed by atoms with van der Waals surface area (Å²) in [4.78, 5) is 15.6. The van der Waals surface area contributed by atoms with Crippen molar-refractivity contribution in [2.75, 3.05) is 0 Å². The van der Waals surface area contributed by atoms with E-state index in [1.807, 2.05) is 48.5 Å². The van der Waals surface area contributed by atoms with Gasteiger partial charge in [-0.2, -0.15) is 0 Å². The molecule has 12 aromatic rings. The summed E-state index contributed by atoms with van der Waals surface area (Å²) in [6.45, 7) is 0. The molecule has 9 aromatic carbocycles. The Bertz CT molecular complexity index is 3550. The fraction of sp³-hybridized carbons (Fsp3) is 0. The zero-order chi connectivity index (χ0) is 36.7. The molecular formula is C51H29N3O2. The first-order valence-corrected chi connectivity index (χ1v) is 18.8. The van der Waals surface area contributed by atoms with Gasteiger partial charge in [0, 0.05) is 38.2 Å². The van der Waals surface area contributed by atoms with Crippen LogP contribution in [-0.2, 0) is 0 Å². The topological polar surface area (TPSA) is 65.0 Å². The Labute approximate surface area is 320 Å². The largest absolute Gasteiger partial charge is 0.456 e. The van der Waals surface area contributed by atoms with Crippen molar-refractivity contribution in [2.45, 2.75) is 0 Å². The van der Waals surface area contributed by atoms with Gasteiger partial charge in [0.05, 0.1) is 0 Å². The van der Waals surface area contributed by atoms with E-state index in [4.69, 9.17) is 23.8 Å². The van der Waals surface area contributed by atoms with Gasteiger partial charge in [-0.3, -0.25) is 0 Å². The van der Waals surface area contributed by atoms with Crippen molar-refractivity contribution in [3.63, 3.8) is 0 Å². The molecule has 56 heavy (non-hydrogen) atoms. The predicted molar refractivity (Wildman–Crippen MR) is 229 cm³/mol. The first-order chi connectivity index (χ1) is 27.7. The van der Waals surface area contributed by atoms with E-state index in [0.717, 1.165) is 87.9 Å². The first kappa shape index (κ1) is 30.8. The van der Waals surface area contributed by atoms with Gasteiger partial charge in [0.25, 0.3) is 0 Å². The second-order valence-electron chi connectivity index (χ2n) is 14.4. The Morgan fingerprint density at radius 1 is 0.286 bits per heavy atom. The monoisotopic (exact) mass is 715 g/mol. The Kier molecular flexibility index (Phi) is 6.56. The Hall–Kier alpha value is -7.63. The van der Waals surface area contributed by atoms with E-state index < -0.39 is 0 Å². The number of benzene rings is 9. The van der Waals surface area contributed by atoms with Crippen molar-refractivity contribution in [2.24, 2.45) is 0 Å². The number of furan rings is 2. The fourth-order valence-corrected chi connectivity index (χ4v) is 8.43. The summed E-state index contributed by atoms with van der Waals surface area (Å²) < 4.78 is 12.6. The van der Waals surface area contributed by atoms with E-state index in [1.54, 1.807) is 0 Å². The molecule has 0 aliphatic heterocycles. The molecule has 0 amide bonds. The summed E-state index contributed by atoms with van der Waals surface area (Å²) in [5.74, 6) is 1.79. The summed E-state index contributed by atoms with van der Waals surface area (Å²) in [5, 5.41) is 11.2. The minimum atomic E-state index is 0.590. The maximum atomic E-state index is 6.34. The Morgan fingerprint density at radius 2 is 0.893 bits per heavy atom. The molecule has 0 atom stereocenters. The highest BCUT2D eigenvalue weighted by molar-refractivity contribution is 6.23. The quantitative estimate of drug-likeness (QED) is 0.170. The summed E-state index contributed by atoms with van der Waals surface area (Å²) >= 11 is 0. The van der Waals surface area contributed by atoms with Crippen molar-refractivity contribution in [1.29, 1.82) is 0 Å². The normalized spacial score (nSPS) is 11.9. The van der Waals surface area contributed by atoms with Crippen LogP contribution in [-0.4, -0.2) is 15.0 Å². The van der Waals surface area contributed by atoms with Crippen LogP contribution in [0.1, 0.15) is 0 Å². The highest BCUT2D eigenvalue weighted by Gasteiger charge is 2.19. The van der Waals surface area contributed by atoms with Crippen molar-refractivity contribution >= 4 is 76.2 Å². The lowest BCUT2D eigenvalue weighted by Crippen LogP contribution is -2.00. The molecule has 0 aliphatic carbocycles. The van der Waals surface area contributed by atoms with Gasteiger partial charge in [-0.15, -0.1) is 0 Å². The van der Waals surface area contributed by atoms with Gasteiger partial charge in [0.15, 0.2) is 17.5 Å². The zero-order valence-electron chi connectivity index (χ0n) is 29.9. The number of rotatable bonds is 4. The number of aromatic nitrogens is 3. The molecule has 0 radical (unpaired) electrons. The number of hydrogen-bond acceptors (Lipinski definition) is 5. The third-order valence-electron chi connectivity index (χ3n) is 11.1. The molecule has 0 spiro atoms. The third-order valence-corrected chi connectivity index (χ3v) is 11.1. The highest BCUT2D eigenvalue weighted by atomic mass is 16.3. The van der Waals surface area contributed by atoms with Crippen LogP contribution >= 0.6 is 0 Å². The maximum Gasteiger partial charge on any atom is 0.164 e. The molecule has 0 saturated heterocycles. The summed E-state index contributed by atoms with van der Waals surface area (Å²) in [7, 11) is 0. The zero-order valence-corrected chi connectivity index (χ0v) is 29.9. The molecule has 3 heterocycles. The van der Waals surface area contributed by atoms with Crippen LogP contribution < -0.4 is 0 Å². The Morgan fingerprint density at radius 3 is 1.73 bits per heavy atom. The highest BCUT2D eigenvalue weighted by Crippen LogP contribution is 2.40. The number of fused-ring (bicyclic) bond motifs is 11. The standard InChI is InChI=1S/C51H29N3O2/c1-2-10-30(11-3-1)32-12-8-13-35(26-32)49-52-50(54-51(53-49)40-16-9-19-45-48(40)39-15-5-7-18-44(39)55-45)36-24-25-37-33(27-36)22-20-31-21-23-34-28-42-38-14-4-6-17-43(38)56-46(42)29-41(34)47(31)37/h1-29H. The molecule has 12 rings (SSSR count). The van der Waals surface area contributed by atoms with Gasteiger partial charge in [-0.25, -0.2) is 15.0 Å². The molecule has 5 heteroatoms. The van der Waals surface area contributed by atoms with E-state index in [2.05, 4.69) is 127 Å². The second kappa shape index (κ2) is 11.9. The SMILES string of the molecule is c1ccc(-c2cccc(-c3nc(-c4ccc5c(ccc6ccc7cc8c(cc7c65)oc5ccccc58)c4)nc(-c4cccc5oc6ccccc6c45)n3)c2)cc1. The van der Waals surface area contributed by atoms with Gasteiger partial charge in [0.1, 0.15) is 22.3 Å². The lowest BCUT2D eigenvalue weighted by Gasteiger charge is -2.12. The summed E-state index contributed by atoms with van der Waals surface area (Å²) in [6.07, 6.45) is 0. The predicted octanol–water partition coefficient (Wildman–Crippen LogP) is 13.8. The molecule has 0 bridgehead atoms. The first-order valence-electron chi connectivity index (χ1n) is 18.8. The van der Waals surface area contributed by atoms with Crippen molar-refractivity contribution in [3.8, 4) is 45.3 Å². The van der Waals surface area contributed by atoms with Gasteiger partial charge < -0.3 is 8.83 Å². The smallest absolute Gasteiger partial charge is 0.164 e. The molecule has 0 N–H and O–H groups in total. The lowest BCUT2D eigenvalue weighted by molar-refractivity contribution is 0.669. The minimum absolute atomic E-state index is 0.590. The van der Waals surface area contributed by atoms with Crippen LogP contribution in [0.4, 0.5) is 0 Å². The van der Waals surface area contributed by atoms with E-state index in [0.29, 0.717) is 17.5 Å². The lowest BCUT2D eigenvalue weighted by atomic mass is 9.94. The van der Waals surface area contributed by atoms with E-state index >= 15 is 0 Å². The molecule has 3 aromatic heterocycles. The number of nitrogens with zero attached hydrogens (tertiary/aromatic N) is 3. The van der Waals surface area contributed by atoms with Crippen LogP contribution in [0.2, 0.25) is 0 Å². The van der Waals surface area contributed by atoms with Crippen LogP contribution in [0.25, 0.3) is 121 Å². The van der Waals surface area contributed by atoms with Gasteiger partial charge in [-0.05, 0) is 85.9 Å². The molecular weight excluding hydrogens is 687 g/mol. The molecule has 0 unspecified atom stereocenters. The van der Waals surface area contributed by atoms with E-state index in [1.165, 1.54) is 16.2 Å². The maximum absolute atomic E-state index is 6.34. The average molecular weight is 716 g/mol. The third kappa shape index (κ3) is 4.78. The molecule has 5 nitrogen and oxygen atoms in total. The van der Waals surface area contributed by atoms with Gasteiger partial charge in [0.2, 0.25) is 0 Å². The van der Waals surface area contributed by atoms with Crippen LogP contribution in [0.3, 0.4) is 0 Å². The Balaban J connectivity index is 1.07. The van der Waals surface area contributed by atoms with Crippen molar-refractivity contribution in [3.05, 3.63) is 176 Å². The van der Waals surface area contributed by atoms with Crippen LogP contribution in [0, 0.1) is 0 Å². The van der Waals surface area contributed by atoms with Gasteiger partial charge in [-0.1, -0.05) is 133 Å². The van der Waals surface area contributed by atoms with E-state index in [9.17, 15) is 0 Å². The van der Waals surface area contributed by atoms with Gasteiger partial charge >= 0.3 is 0 Å². The second-order valence-corrected chi connectivity index (χ2v) is 14.4. The van der Waals surface area contributed by atoms with Crippen molar-refractivity contribution < 1.29 is 8.83 Å². The fourth-order valence-electron chi connectivity index (χ4n) is 8.43. The number of para-hydroxylation sites is 2. The average Bonchev–Trinajstić information content (AvgIpc) is 3.83. The minimum Gasteiger partial charge on any atom is -0.456 e. The summed E-state index contributed by atoms with van der Waals surface area (Å²) in [5.41, 5.74) is 8.36. The van der Waals surface area contributed by atoms with E-state index in [-0.39, 0.29) is 0 Å². The number of hydrogen-bond donors (Lipinski definition) is 0. The molecule has 0 aliphatic rings. The van der Waals surface area contributed by atoms with Crippen LogP contribution in [0.15, 0.2) is 185 Å².